The van der Waals surface area contributed by atoms with Gasteiger partial charge in [-0.15, -0.1) is 11.8 Å². The van der Waals surface area contributed by atoms with Crippen molar-refractivity contribution in [3.63, 3.8) is 0 Å². The Labute approximate surface area is 99.1 Å². The first-order chi connectivity index (χ1) is 7.38. The molecule has 0 spiro atoms. The molecule has 16 heavy (non-hydrogen) atoms. The summed E-state index contributed by atoms with van der Waals surface area (Å²) in [5, 5.41) is 0. The Bertz CT molecular complexity index is 469. The summed E-state index contributed by atoms with van der Waals surface area (Å²) in [6.07, 6.45) is 1.17. The lowest BCUT2D eigenvalue weighted by Crippen LogP contribution is -2.14. The molecule has 0 atom stereocenters. The minimum atomic E-state index is -4.03. The summed E-state index contributed by atoms with van der Waals surface area (Å²) in [4.78, 5) is -0.0307. The van der Waals surface area contributed by atoms with Crippen LogP contribution in [0.1, 0.15) is 13.8 Å². The van der Waals surface area contributed by atoms with Crippen LogP contribution in [0.15, 0.2) is 28.0 Å². The van der Waals surface area contributed by atoms with Crippen LogP contribution in [0.5, 0.6) is 0 Å². The van der Waals surface area contributed by atoms with Crippen LogP contribution in [-0.4, -0.2) is 20.8 Å². The van der Waals surface area contributed by atoms with Crippen molar-refractivity contribution in [3.05, 3.63) is 24.0 Å². The van der Waals surface area contributed by atoms with Crippen molar-refractivity contribution in [3.8, 4) is 0 Å². The van der Waals surface area contributed by atoms with Gasteiger partial charge in [-0.3, -0.25) is 4.18 Å². The van der Waals surface area contributed by atoms with Gasteiger partial charge in [-0.05, 0) is 32.2 Å². The standard InChI is InChI=1S/C10H13FO3S2/c1-7(2)14-16(12,13)10-8(11)5-4-6-9(10)15-3/h4-7H,1-3H3. The number of thioether (sulfide) groups is 1. The molecule has 0 bridgehead atoms. The summed E-state index contributed by atoms with van der Waals surface area (Å²) in [6, 6.07) is 4.12. The van der Waals surface area contributed by atoms with E-state index in [1.54, 1.807) is 26.2 Å². The van der Waals surface area contributed by atoms with E-state index < -0.39 is 22.0 Å². The molecule has 0 aliphatic rings. The SMILES string of the molecule is CSc1cccc(F)c1S(=O)(=O)OC(C)C. The maximum absolute atomic E-state index is 13.5. The van der Waals surface area contributed by atoms with Crippen molar-refractivity contribution in [1.82, 2.24) is 0 Å². The second-order valence-electron chi connectivity index (χ2n) is 3.37. The van der Waals surface area contributed by atoms with Gasteiger partial charge in [-0.1, -0.05) is 6.07 Å². The van der Waals surface area contributed by atoms with Crippen LogP contribution in [0.2, 0.25) is 0 Å². The van der Waals surface area contributed by atoms with Crippen LogP contribution in [0.3, 0.4) is 0 Å². The quantitative estimate of drug-likeness (QED) is 0.619. The summed E-state index contributed by atoms with van der Waals surface area (Å²) in [6.45, 7) is 3.16. The zero-order valence-corrected chi connectivity index (χ0v) is 10.9. The third-order valence-electron chi connectivity index (χ3n) is 1.72. The second kappa shape index (κ2) is 5.16. The molecule has 0 aliphatic carbocycles. The minimum absolute atomic E-state index is 0.348. The Morgan fingerprint density at radius 3 is 2.50 bits per heavy atom. The van der Waals surface area contributed by atoms with E-state index in [0.29, 0.717) is 4.90 Å². The van der Waals surface area contributed by atoms with E-state index in [1.807, 2.05) is 0 Å². The Hall–Kier alpha value is -0.590. The third kappa shape index (κ3) is 2.96. The van der Waals surface area contributed by atoms with Gasteiger partial charge in [-0.25, -0.2) is 4.39 Å². The molecule has 1 aromatic carbocycles. The molecule has 1 aromatic rings. The van der Waals surface area contributed by atoms with Crippen LogP contribution < -0.4 is 0 Å². The van der Waals surface area contributed by atoms with Gasteiger partial charge in [0.05, 0.1) is 6.10 Å². The second-order valence-corrected chi connectivity index (χ2v) is 5.73. The maximum atomic E-state index is 13.5. The predicted octanol–water partition coefficient (Wildman–Crippen LogP) is 2.66. The Balaban J connectivity index is 3.32. The van der Waals surface area contributed by atoms with Crippen molar-refractivity contribution < 1.29 is 17.0 Å². The average Bonchev–Trinajstić information content (AvgIpc) is 2.14. The van der Waals surface area contributed by atoms with Gasteiger partial charge in [0.1, 0.15) is 10.7 Å². The first kappa shape index (κ1) is 13.5. The van der Waals surface area contributed by atoms with Gasteiger partial charge in [0.25, 0.3) is 0 Å². The maximum Gasteiger partial charge on any atom is 0.301 e. The Kier molecular flexibility index (Phi) is 4.35. The van der Waals surface area contributed by atoms with Gasteiger partial charge in [-0.2, -0.15) is 8.42 Å². The molecule has 0 aromatic heterocycles. The fourth-order valence-corrected chi connectivity index (χ4v) is 3.47. The highest BCUT2D eigenvalue weighted by Crippen LogP contribution is 2.28. The lowest BCUT2D eigenvalue weighted by molar-refractivity contribution is 0.247. The van der Waals surface area contributed by atoms with Crippen molar-refractivity contribution in [2.24, 2.45) is 0 Å². The molecule has 0 saturated heterocycles. The van der Waals surface area contributed by atoms with Crippen molar-refractivity contribution in [1.29, 1.82) is 0 Å². The summed E-state index contributed by atoms with van der Waals surface area (Å²) < 4.78 is 41.8. The number of halogens is 1. The molecule has 0 aliphatic heterocycles. The van der Waals surface area contributed by atoms with Gasteiger partial charge in [0, 0.05) is 4.90 Å². The van der Waals surface area contributed by atoms with E-state index in [-0.39, 0.29) is 4.90 Å². The molecule has 0 unspecified atom stereocenters. The van der Waals surface area contributed by atoms with E-state index in [2.05, 4.69) is 0 Å². The molecule has 0 saturated carbocycles. The van der Waals surface area contributed by atoms with Crippen LogP contribution >= 0.6 is 11.8 Å². The fourth-order valence-electron chi connectivity index (χ4n) is 1.19. The number of rotatable bonds is 4. The molecular weight excluding hydrogens is 251 g/mol. The largest absolute Gasteiger partial charge is 0.301 e. The molecule has 0 heterocycles. The zero-order chi connectivity index (χ0) is 12.3. The molecule has 6 heteroatoms. The first-order valence-corrected chi connectivity index (χ1v) is 7.27. The highest BCUT2D eigenvalue weighted by atomic mass is 32.2. The van der Waals surface area contributed by atoms with E-state index in [0.717, 1.165) is 17.8 Å². The first-order valence-electron chi connectivity index (χ1n) is 4.64. The molecule has 0 amide bonds. The lowest BCUT2D eigenvalue weighted by Gasteiger charge is -2.11. The molecule has 90 valence electrons. The van der Waals surface area contributed by atoms with Crippen LogP contribution in [0.25, 0.3) is 0 Å². The lowest BCUT2D eigenvalue weighted by atomic mass is 10.3. The van der Waals surface area contributed by atoms with Crippen LogP contribution in [-0.2, 0) is 14.3 Å². The normalized spacial score (nSPS) is 12.1. The summed E-state index contributed by atoms with van der Waals surface area (Å²) in [5.41, 5.74) is 0. The van der Waals surface area contributed by atoms with E-state index in [4.69, 9.17) is 4.18 Å². The number of hydrogen-bond donors (Lipinski definition) is 0. The van der Waals surface area contributed by atoms with Crippen LogP contribution in [0.4, 0.5) is 4.39 Å². The summed E-state index contributed by atoms with van der Waals surface area (Å²) in [7, 11) is -4.03. The molecule has 3 nitrogen and oxygen atoms in total. The van der Waals surface area contributed by atoms with E-state index in [9.17, 15) is 12.8 Å². The highest BCUT2D eigenvalue weighted by Gasteiger charge is 2.24. The predicted molar refractivity (Wildman–Crippen MR) is 61.6 cm³/mol. The van der Waals surface area contributed by atoms with Gasteiger partial charge >= 0.3 is 10.1 Å². The minimum Gasteiger partial charge on any atom is -0.264 e. The molecule has 0 fully saturated rings. The van der Waals surface area contributed by atoms with Gasteiger partial charge < -0.3 is 0 Å². The topological polar surface area (TPSA) is 43.4 Å². The molecular formula is C10H13FO3S2. The molecule has 0 N–H and O–H groups in total. The molecule has 1 rings (SSSR count). The average molecular weight is 264 g/mol. The van der Waals surface area contributed by atoms with Crippen molar-refractivity contribution in [2.45, 2.75) is 29.7 Å². The monoisotopic (exact) mass is 264 g/mol. The number of benzene rings is 1. The van der Waals surface area contributed by atoms with E-state index in [1.165, 1.54) is 6.07 Å². The van der Waals surface area contributed by atoms with Gasteiger partial charge in [0.2, 0.25) is 0 Å². The van der Waals surface area contributed by atoms with Crippen molar-refractivity contribution >= 4 is 21.9 Å². The number of hydrogen-bond acceptors (Lipinski definition) is 4. The summed E-state index contributed by atoms with van der Waals surface area (Å²) in [5.74, 6) is -0.785. The fraction of sp³-hybridized carbons (Fsp3) is 0.400. The summed E-state index contributed by atoms with van der Waals surface area (Å²) >= 11 is 1.16. The van der Waals surface area contributed by atoms with Crippen molar-refractivity contribution in [2.75, 3.05) is 6.26 Å². The van der Waals surface area contributed by atoms with E-state index >= 15 is 0 Å². The smallest absolute Gasteiger partial charge is 0.264 e. The molecule has 0 radical (unpaired) electrons. The van der Waals surface area contributed by atoms with Gasteiger partial charge in [0.15, 0.2) is 0 Å². The highest BCUT2D eigenvalue weighted by molar-refractivity contribution is 7.99. The van der Waals surface area contributed by atoms with Crippen LogP contribution in [0, 0.1) is 5.82 Å². The zero-order valence-electron chi connectivity index (χ0n) is 9.23. The Morgan fingerprint density at radius 2 is 2.00 bits per heavy atom. The third-order valence-corrected chi connectivity index (χ3v) is 4.18. The Morgan fingerprint density at radius 1 is 1.38 bits per heavy atom.